The molecular formula is C17H17NO4. The Labute approximate surface area is 128 Å². The zero-order valence-electron chi connectivity index (χ0n) is 12.5. The van der Waals surface area contributed by atoms with Gasteiger partial charge in [0, 0.05) is 12.5 Å². The summed E-state index contributed by atoms with van der Waals surface area (Å²) in [6, 6.07) is 10.3. The molecule has 1 aromatic carbocycles. The molecule has 0 aliphatic heterocycles. The molecule has 1 amide bonds. The zero-order chi connectivity index (χ0) is 15.9. The highest BCUT2D eigenvalue weighted by Crippen LogP contribution is 2.16. The number of para-hydroxylation sites is 1. The minimum atomic E-state index is -0.501. The van der Waals surface area contributed by atoms with Crippen LogP contribution in [-0.4, -0.2) is 19.0 Å². The molecule has 0 radical (unpaired) electrons. The molecule has 0 spiro atoms. The van der Waals surface area contributed by atoms with Crippen LogP contribution in [0.3, 0.4) is 0 Å². The van der Waals surface area contributed by atoms with E-state index in [1.54, 1.807) is 36.4 Å². The van der Waals surface area contributed by atoms with Gasteiger partial charge in [0.25, 0.3) is 0 Å². The molecule has 0 fully saturated rings. The quantitative estimate of drug-likeness (QED) is 0.679. The predicted molar refractivity (Wildman–Crippen MR) is 83.5 cm³/mol. The fourth-order valence-corrected chi connectivity index (χ4v) is 1.89. The number of ether oxygens (including phenoxy) is 1. The fourth-order valence-electron chi connectivity index (χ4n) is 1.89. The van der Waals surface area contributed by atoms with E-state index in [1.807, 2.05) is 13.0 Å². The van der Waals surface area contributed by atoms with Crippen LogP contribution in [0.4, 0.5) is 5.69 Å². The Bertz CT molecular complexity index is 700. The second-order valence-corrected chi connectivity index (χ2v) is 4.52. The number of hydrogen-bond acceptors (Lipinski definition) is 4. The molecule has 0 atom stereocenters. The highest BCUT2D eigenvalue weighted by molar-refractivity contribution is 6.06. The number of aryl methyl sites for hydroxylation is 1. The molecule has 0 aliphatic carbocycles. The van der Waals surface area contributed by atoms with Crippen molar-refractivity contribution in [3.63, 3.8) is 0 Å². The summed E-state index contributed by atoms with van der Waals surface area (Å²) >= 11 is 0. The van der Waals surface area contributed by atoms with Crippen LogP contribution in [0.1, 0.15) is 28.8 Å². The van der Waals surface area contributed by atoms with Crippen LogP contribution in [0.2, 0.25) is 0 Å². The number of nitrogens with one attached hydrogen (secondary N) is 1. The van der Waals surface area contributed by atoms with Crippen LogP contribution in [0.15, 0.2) is 46.9 Å². The third kappa shape index (κ3) is 3.85. The molecule has 0 saturated carbocycles. The average molecular weight is 299 g/mol. The van der Waals surface area contributed by atoms with E-state index in [9.17, 15) is 9.59 Å². The molecule has 0 saturated heterocycles. The predicted octanol–water partition coefficient (Wildman–Crippen LogP) is 3.28. The van der Waals surface area contributed by atoms with E-state index in [4.69, 9.17) is 4.42 Å². The van der Waals surface area contributed by atoms with Gasteiger partial charge in [0.05, 0.1) is 18.4 Å². The number of anilines is 1. The summed E-state index contributed by atoms with van der Waals surface area (Å²) in [5, 5.41) is 2.65. The van der Waals surface area contributed by atoms with Gasteiger partial charge in [-0.3, -0.25) is 4.79 Å². The van der Waals surface area contributed by atoms with Crippen molar-refractivity contribution in [1.82, 2.24) is 0 Å². The van der Waals surface area contributed by atoms with E-state index >= 15 is 0 Å². The number of benzene rings is 1. The lowest BCUT2D eigenvalue weighted by molar-refractivity contribution is -0.111. The van der Waals surface area contributed by atoms with Gasteiger partial charge < -0.3 is 14.5 Å². The summed E-state index contributed by atoms with van der Waals surface area (Å²) in [5.74, 6) is 0.605. The van der Waals surface area contributed by atoms with E-state index < -0.39 is 5.97 Å². The number of amides is 1. The lowest BCUT2D eigenvalue weighted by atomic mass is 10.2. The molecule has 0 bridgehead atoms. The first kappa shape index (κ1) is 15.6. The molecule has 1 aromatic heterocycles. The summed E-state index contributed by atoms with van der Waals surface area (Å²) in [5.41, 5.74) is 0.704. The Morgan fingerprint density at radius 2 is 2.00 bits per heavy atom. The minimum absolute atomic E-state index is 0.304. The Hall–Kier alpha value is -2.82. The summed E-state index contributed by atoms with van der Waals surface area (Å²) < 4.78 is 10.2. The van der Waals surface area contributed by atoms with Gasteiger partial charge in [-0.2, -0.15) is 0 Å². The SMILES string of the molecule is CCc1ccc(C=CC(=O)Nc2ccccc2C(=O)OC)o1. The fraction of sp³-hybridized carbons (Fsp3) is 0.176. The zero-order valence-corrected chi connectivity index (χ0v) is 12.5. The number of furan rings is 1. The molecule has 0 aliphatic rings. The maximum absolute atomic E-state index is 11.9. The second-order valence-electron chi connectivity index (χ2n) is 4.52. The van der Waals surface area contributed by atoms with Crippen LogP contribution < -0.4 is 5.32 Å². The first-order chi connectivity index (χ1) is 10.6. The number of hydrogen-bond donors (Lipinski definition) is 1. The summed E-state index contributed by atoms with van der Waals surface area (Å²) in [6.45, 7) is 1.99. The van der Waals surface area contributed by atoms with Gasteiger partial charge in [-0.05, 0) is 30.3 Å². The van der Waals surface area contributed by atoms with Gasteiger partial charge in [-0.1, -0.05) is 19.1 Å². The topological polar surface area (TPSA) is 68.5 Å². The third-order valence-electron chi connectivity index (χ3n) is 3.02. The first-order valence-electron chi connectivity index (χ1n) is 6.89. The molecule has 2 rings (SSSR count). The largest absolute Gasteiger partial charge is 0.465 e. The minimum Gasteiger partial charge on any atom is -0.465 e. The lowest BCUT2D eigenvalue weighted by Gasteiger charge is -2.07. The normalized spacial score (nSPS) is 10.6. The average Bonchev–Trinajstić information content (AvgIpc) is 3.01. The lowest BCUT2D eigenvalue weighted by Crippen LogP contribution is -2.12. The van der Waals surface area contributed by atoms with E-state index in [-0.39, 0.29) is 5.91 Å². The maximum atomic E-state index is 11.9. The van der Waals surface area contributed by atoms with Crippen molar-refractivity contribution in [2.45, 2.75) is 13.3 Å². The standard InChI is InChI=1S/C17H17NO4/c1-3-12-8-9-13(22-12)10-11-16(19)18-15-7-5-4-6-14(15)17(20)21-2/h4-11H,3H2,1-2H3,(H,18,19). The van der Waals surface area contributed by atoms with Crippen LogP contribution >= 0.6 is 0 Å². The summed E-state index contributed by atoms with van der Waals surface area (Å²) in [7, 11) is 1.29. The van der Waals surface area contributed by atoms with Crippen molar-refractivity contribution in [2.75, 3.05) is 12.4 Å². The van der Waals surface area contributed by atoms with Gasteiger partial charge in [-0.15, -0.1) is 0 Å². The molecule has 1 N–H and O–H groups in total. The Morgan fingerprint density at radius 1 is 1.23 bits per heavy atom. The number of carbonyl (C=O) groups is 2. The number of carbonyl (C=O) groups excluding carboxylic acids is 2. The van der Waals surface area contributed by atoms with Crippen molar-refractivity contribution in [3.8, 4) is 0 Å². The summed E-state index contributed by atoms with van der Waals surface area (Å²) in [4.78, 5) is 23.6. The Kier molecular flexibility index (Phi) is 5.14. The van der Waals surface area contributed by atoms with E-state index in [0.29, 0.717) is 17.0 Å². The number of methoxy groups -OCH3 is 1. The molecule has 114 valence electrons. The van der Waals surface area contributed by atoms with Crippen molar-refractivity contribution < 1.29 is 18.7 Å². The van der Waals surface area contributed by atoms with Crippen molar-refractivity contribution in [1.29, 1.82) is 0 Å². The smallest absolute Gasteiger partial charge is 0.339 e. The number of rotatable bonds is 5. The highest BCUT2D eigenvalue weighted by Gasteiger charge is 2.12. The molecule has 2 aromatic rings. The van der Waals surface area contributed by atoms with Crippen LogP contribution in [-0.2, 0) is 16.0 Å². The van der Waals surface area contributed by atoms with E-state index in [1.165, 1.54) is 13.2 Å². The molecule has 22 heavy (non-hydrogen) atoms. The van der Waals surface area contributed by atoms with Gasteiger partial charge in [0.15, 0.2) is 0 Å². The van der Waals surface area contributed by atoms with Crippen molar-refractivity contribution in [2.24, 2.45) is 0 Å². The molecular weight excluding hydrogens is 282 g/mol. The Balaban J connectivity index is 2.07. The van der Waals surface area contributed by atoms with Crippen LogP contribution in [0, 0.1) is 0 Å². The van der Waals surface area contributed by atoms with Gasteiger partial charge in [0.2, 0.25) is 5.91 Å². The van der Waals surface area contributed by atoms with Gasteiger partial charge >= 0.3 is 5.97 Å². The Morgan fingerprint density at radius 3 is 2.68 bits per heavy atom. The maximum Gasteiger partial charge on any atom is 0.339 e. The molecule has 5 nitrogen and oxygen atoms in total. The van der Waals surface area contributed by atoms with Crippen molar-refractivity contribution in [3.05, 3.63) is 59.6 Å². The molecule has 5 heteroatoms. The van der Waals surface area contributed by atoms with Crippen LogP contribution in [0.25, 0.3) is 6.08 Å². The monoisotopic (exact) mass is 299 g/mol. The highest BCUT2D eigenvalue weighted by atomic mass is 16.5. The molecule has 0 unspecified atom stereocenters. The van der Waals surface area contributed by atoms with Gasteiger partial charge in [-0.25, -0.2) is 4.79 Å². The van der Waals surface area contributed by atoms with Gasteiger partial charge in [0.1, 0.15) is 11.5 Å². The van der Waals surface area contributed by atoms with E-state index in [2.05, 4.69) is 10.1 Å². The van der Waals surface area contributed by atoms with Crippen LogP contribution in [0.5, 0.6) is 0 Å². The summed E-state index contributed by atoms with van der Waals surface area (Å²) in [6.07, 6.45) is 3.73. The van der Waals surface area contributed by atoms with E-state index in [0.717, 1.165) is 12.2 Å². The molecule has 1 heterocycles. The second kappa shape index (κ2) is 7.26. The third-order valence-corrected chi connectivity index (χ3v) is 3.02. The number of esters is 1. The first-order valence-corrected chi connectivity index (χ1v) is 6.89. The van der Waals surface area contributed by atoms with Crippen molar-refractivity contribution >= 4 is 23.6 Å².